The van der Waals surface area contributed by atoms with Crippen LogP contribution < -0.4 is 0 Å². The molecule has 0 aliphatic carbocycles. The van der Waals surface area contributed by atoms with Gasteiger partial charge in [0.15, 0.2) is 0 Å². The van der Waals surface area contributed by atoms with Crippen molar-refractivity contribution >= 4 is 23.6 Å². The smallest absolute Gasteiger partial charge is 0.246 e. The second kappa shape index (κ2) is 5.34. The zero-order valence-corrected chi connectivity index (χ0v) is 10.1. The zero-order valence-electron chi connectivity index (χ0n) is 9.34. The summed E-state index contributed by atoms with van der Waals surface area (Å²) in [6.45, 7) is 1.06. The average Bonchev–Trinajstić information content (AvgIpc) is 2.75. The maximum Gasteiger partial charge on any atom is 0.246 e. The Hall–Kier alpha value is -1.32. The Balaban J connectivity index is 1.96. The second-order valence-corrected chi connectivity index (χ2v) is 4.55. The van der Waals surface area contributed by atoms with Crippen molar-refractivity contribution in [1.29, 1.82) is 0 Å². The summed E-state index contributed by atoms with van der Waals surface area (Å²) < 4.78 is 0. The number of carbonyl (C=O) groups excluding carboxylic acids is 1. The molecule has 17 heavy (non-hydrogen) atoms. The molecular weight excluding hydrogens is 238 g/mol. The molecule has 1 atom stereocenters. The first kappa shape index (κ1) is 12.1. The first-order valence-corrected chi connectivity index (χ1v) is 5.93. The van der Waals surface area contributed by atoms with Gasteiger partial charge in [0.1, 0.15) is 0 Å². The van der Waals surface area contributed by atoms with Crippen LogP contribution in [0.15, 0.2) is 30.3 Å². The van der Waals surface area contributed by atoms with Gasteiger partial charge >= 0.3 is 0 Å². The lowest BCUT2D eigenvalue weighted by atomic mass is 10.2. The van der Waals surface area contributed by atoms with E-state index < -0.39 is 0 Å². The Morgan fingerprint density at radius 1 is 1.41 bits per heavy atom. The number of β-amino-alcohol motifs (C(OH)–C–C–N with tert-alkyl or cyclic N) is 1. The zero-order chi connectivity index (χ0) is 12.3. The van der Waals surface area contributed by atoms with Gasteiger partial charge in [-0.1, -0.05) is 23.7 Å². The molecule has 1 aromatic carbocycles. The fourth-order valence-electron chi connectivity index (χ4n) is 1.79. The third-order valence-electron chi connectivity index (χ3n) is 2.76. The summed E-state index contributed by atoms with van der Waals surface area (Å²) in [4.78, 5) is 13.4. The van der Waals surface area contributed by atoms with E-state index >= 15 is 0 Å². The van der Waals surface area contributed by atoms with Gasteiger partial charge in [-0.2, -0.15) is 0 Å². The molecule has 0 radical (unpaired) electrons. The summed E-state index contributed by atoms with van der Waals surface area (Å²) in [6, 6.07) is 7.27. The molecule has 1 saturated heterocycles. The molecule has 2 rings (SSSR count). The Bertz CT molecular complexity index is 428. The van der Waals surface area contributed by atoms with Crippen LogP contribution in [-0.4, -0.2) is 35.1 Å². The van der Waals surface area contributed by atoms with E-state index in [2.05, 4.69) is 0 Å². The summed E-state index contributed by atoms with van der Waals surface area (Å²) in [5.41, 5.74) is 0.933. The van der Waals surface area contributed by atoms with Crippen LogP contribution in [0.5, 0.6) is 0 Å². The van der Waals surface area contributed by atoms with Crippen LogP contribution in [0.2, 0.25) is 5.02 Å². The van der Waals surface area contributed by atoms with Gasteiger partial charge in [0.05, 0.1) is 6.10 Å². The number of likely N-dealkylation sites (tertiary alicyclic amines) is 1. The van der Waals surface area contributed by atoms with Gasteiger partial charge in [0.25, 0.3) is 0 Å². The number of hydrogen-bond acceptors (Lipinski definition) is 2. The topological polar surface area (TPSA) is 40.5 Å². The van der Waals surface area contributed by atoms with Crippen LogP contribution in [0.25, 0.3) is 6.08 Å². The van der Waals surface area contributed by atoms with Crippen LogP contribution >= 0.6 is 11.6 Å². The quantitative estimate of drug-likeness (QED) is 0.817. The highest BCUT2D eigenvalue weighted by Gasteiger charge is 2.22. The van der Waals surface area contributed by atoms with Gasteiger partial charge in [0.2, 0.25) is 5.91 Å². The van der Waals surface area contributed by atoms with E-state index in [-0.39, 0.29) is 12.0 Å². The highest BCUT2D eigenvalue weighted by atomic mass is 35.5. The van der Waals surface area contributed by atoms with Crippen LogP contribution in [0.3, 0.4) is 0 Å². The number of amides is 1. The number of nitrogens with zero attached hydrogens (tertiary/aromatic N) is 1. The minimum Gasteiger partial charge on any atom is -0.391 e. The van der Waals surface area contributed by atoms with Gasteiger partial charge in [0, 0.05) is 24.2 Å². The van der Waals surface area contributed by atoms with Crippen molar-refractivity contribution in [3.05, 3.63) is 40.9 Å². The third-order valence-corrected chi connectivity index (χ3v) is 3.02. The number of benzene rings is 1. The van der Waals surface area contributed by atoms with E-state index in [4.69, 9.17) is 11.6 Å². The van der Waals surface area contributed by atoms with Crippen molar-refractivity contribution < 1.29 is 9.90 Å². The molecule has 1 N–H and O–H groups in total. The Morgan fingerprint density at radius 3 is 2.71 bits per heavy atom. The van der Waals surface area contributed by atoms with E-state index in [1.807, 2.05) is 12.1 Å². The molecule has 3 nitrogen and oxygen atoms in total. The summed E-state index contributed by atoms with van der Waals surface area (Å²) in [7, 11) is 0. The summed E-state index contributed by atoms with van der Waals surface area (Å²) in [5, 5.41) is 10.0. The lowest BCUT2D eigenvalue weighted by Crippen LogP contribution is -2.27. The molecule has 1 heterocycles. The molecule has 1 aliphatic heterocycles. The third kappa shape index (κ3) is 3.32. The molecule has 0 unspecified atom stereocenters. The molecule has 90 valence electrons. The molecule has 1 fully saturated rings. The minimum atomic E-state index is -0.372. The van der Waals surface area contributed by atoms with Crippen LogP contribution in [-0.2, 0) is 4.79 Å². The SMILES string of the molecule is O=C(C=Cc1ccc(Cl)cc1)N1CC[C@@H](O)C1. The van der Waals surface area contributed by atoms with E-state index in [0.29, 0.717) is 24.5 Å². The van der Waals surface area contributed by atoms with Gasteiger partial charge < -0.3 is 10.0 Å². The monoisotopic (exact) mass is 251 g/mol. The number of rotatable bonds is 2. The summed E-state index contributed by atoms with van der Waals surface area (Å²) in [5.74, 6) is -0.0588. The van der Waals surface area contributed by atoms with Crippen molar-refractivity contribution in [3.8, 4) is 0 Å². The standard InChI is InChI=1S/C13H14ClNO2/c14-11-4-1-10(2-5-11)3-6-13(17)15-8-7-12(16)9-15/h1-6,12,16H,7-9H2/t12-/m1/s1. The van der Waals surface area contributed by atoms with Crippen molar-refractivity contribution in [2.45, 2.75) is 12.5 Å². The number of hydrogen-bond donors (Lipinski definition) is 1. The Kier molecular flexibility index (Phi) is 3.82. The first-order valence-electron chi connectivity index (χ1n) is 5.56. The van der Waals surface area contributed by atoms with Gasteiger partial charge in [-0.15, -0.1) is 0 Å². The first-order chi connectivity index (χ1) is 8.15. The van der Waals surface area contributed by atoms with E-state index in [9.17, 15) is 9.90 Å². The van der Waals surface area contributed by atoms with Gasteiger partial charge in [-0.3, -0.25) is 4.79 Å². The molecule has 0 spiro atoms. The molecule has 1 aliphatic rings. The van der Waals surface area contributed by atoms with Crippen LogP contribution in [0, 0.1) is 0 Å². The Labute approximate surface area is 105 Å². The van der Waals surface area contributed by atoms with Crippen molar-refractivity contribution in [1.82, 2.24) is 4.90 Å². The minimum absolute atomic E-state index is 0.0588. The highest BCUT2D eigenvalue weighted by molar-refractivity contribution is 6.30. The molecular formula is C13H14ClNO2. The largest absolute Gasteiger partial charge is 0.391 e. The highest BCUT2D eigenvalue weighted by Crippen LogP contribution is 2.12. The van der Waals surface area contributed by atoms with Crippen LogP contribution in [0.1, 0.15) is 12.0 Å². The molecule has 0 aromatic heterocycles. The Morgan fingerprint density at radius 2 is 2.12 bits per heavy atom. The molecule has 0 saturated carbocycles. The van der Waals surface area contributed by atoms with Crippen LogP contribution in [0.4, 0.5) is 0 Å². The number of carbonyl (C=O) groups is 1. The van der Waals surface area contributed by atoms with Gasteiger partial charge in [-0.05, 0) is 30.2 Å². The maximum atomic E-state index is 11.7. The fraction of sp³-hybridized carbons (Fsp3) is 0.308. The van der Waals surface area contributed by atoms with Crippen molar-refractivity contribution in [2.75, 3.05) is 13.1 Å². The van der Waals surface area contributed by atoms with Crippen molar-refractivity contribution in [3.63, 3.8) is 0 Å². The van der Waals surface area contributed by atoms with E-state index in [0.717, 1.165) is 5.56 Å². The summed E-state index contributed by atoms with van der Waals surface area (Å²) >= 11 is 5.77. The van der Waals surface area contributed by atoms with E-state index in [1.165, 1.54) is 6.08 Å². The molecule has 0 bridgehead atoms. The van der Waals surface area contributed by atoms with Gasteiger partial charge in [-0.25, -0.2) is 0 Å². The lowest BCUT2D eigenvalue weighted by molar-refractivity contribution is -0.125. The maximum absolute atomic E-state index is 11.7. The number of aliphatic hydroxyl groups is 1. The number of halogens is 1. The second-order valence-electron chi connectivity index (χ2n) is 4.11. The predicted molar refractivity (Wildman–Crippen MR) is 67.7 cm³/mol. The summed E-state index contributed by atoms with van der Waals surface area (Å²) in [6.07, 6.45) is 3.58. The average molecular weight is 252 g/mol. The number of aliphatic hydroxyl groups excluding tert-OH is 1. The fourth-order valence-corrected chi connectivity index (χ4v) is 1.91. The molecule has 1 aromatic rings. The molecule has 1 amide bonds. The predicted octanol–water partition coefficient (Wildman–Crippen LogP) is 1.95. The molecule has 4 heteroatoms. The lowest BCUT2D eigenvalue weighted by Gasteiger charge is -2.12. The normalized spacial score (nSPS) is 20.1. The van der Waals surface area contributed by atoms with Crippen molar-refractivity contribution in [2.24, 2.45) is 0 Å². The van der Waals surface area contributed by atoms with E-state index in [1.54, 1.807) is 23.1 Å².